The van der Waals surface area contributed by atoms with Gasteiger partial charge in [0.15, 0.2) is 5.58 Å². The molecular formula is C19H17F3N2O4. The maximum atomic E-state index is 12.1. The minimum absolute atomic E-state index is 0.180. The highest BCUT2D eigenvalue weighted by molar-refractivity contribution is 5.76. The second kappa shape index (κ2) is 8.20. The van der Waals surface area contributed by atoms with E-state index >= 15 is 0 Å². The normalized spacial score (nSPS) is 11.5. The first-order valence-corrected chi connectivity index (χ1v) is 8.51. The topological polar surface area (TPSA) is 73.5 Å². The number of nitrogens with one attached hydrogen (secondary N) is 1. The predicted octanol–water partition coefficient (Wildman–Crippen LogP) is 3.59. The highest BCUT2D eigenvalue weighted by atomic mass is 19.4. The van der Waals surface area contributed by atoms with Crippen molar-refractivity contribution in [3.05, 3.63) is 64.6 Å². The molecule has 0 saturated carbocycles. The molecule has 0 spiro atoms. The Kier molecular flexibility index (Phi) is 5.72. The Labute approximate surface area is 157 Å². The molecule has 1 N–H and O–H groups in total. The van der Waals surface area contributed by atoms with E-state index in [0.29, 0.717) is 29.6 Å². The third-order valence-corrected chi connectivity index (χ3v) is 4.01. The highest BCUT2D eigenvalue weighted by Crippen LogP contribution is 2.22. The van der Waals surface area contributed by atoms with E-state index < -0.39 is 12.1 Å². The van der Waals surface area contributed by atoms with E-state index in [2.05, 4.69) is 10.1 Å². The van der Waals surface area contributed by atoms with Gasteiger partial charge in [-0.1, -0.05) is 24.3 Å². The summed E-state index contributed by atoms with van der Waals surface area (Å²) in [6, 6.07) is 12.3. The van der Waals surface area contributed by atoms with Crippen LogP contribution in [0.3, 0.4) is 0 Å². The van der Waals surface area contributed by atoms with Crippen molar-refractivity contribution in [3.8, 4) is 5.75 Å². The number of aromatic nitrogens is 1. The molecule has 0 aliphatic heterocycles. The van der Waals surface area contributed by atoms with Crippen LogP contribution in [0.2, 0.25) is 0 Å². The smallest absolute Gasteiger partial charge is 0.408 e. The second-order valence-electron chi connectivity index (χ2n) is 6.06. The van der Waals surface area contributed by atoms with E-state index in [1.165, 1.54) is 28.8 Å². The number of alkyl halides is 3. The Bertz CT molecular complexity index is 1010. The van der Waals surface area contributed by atoms with Crippen LogP contribution in [0, 0.1) is 0 Å². The van der Waals surface area contributed by atoms with E-state index in [1.54, 1.807) is 24.3 Å². The van der Waals surface area contributed by atoms with Gasteiger partial charge in [0.25, 0.3) is 0 Å². The number of rotatable bonds is 7. The number of hydrogen-bond acceptors (Lipinski definition) is 4. The standard InChI is InChI=1S/C19H17F3N2O4/c20-19(21,22)28-14-9-7-13(8-10-14)12-23-17(25)6-3-11-24-15-4-1-2-5-16(15)27-18(24)26/h1-2,4-5,7-10H,3,6,11-12H2,(H,23,25). The zero-order valence-corrected chi connectivity index (χ0v) is 14.7. The van der Waals surface area contributed by atoms with Gasteiger partial charge in [-0.15, -0.1) is 13.2 Å². The van der Waals surface area contributed by atoms with Gasteiger partial charge in [0.2, 0.25) is 5.91 Å². The quantitative estimate of drug-likeness (QED) is 0.665. The minimum atomic E-state index is -4.74. The molecule has 6 nitrogen and oxygen atoms in total. The molecule has 1 amide bonds. The monoisotopic (exact) mass is 394 g/mol. The van der Waals surface area contributed by atoms with Gasteiger partial charge in [-0.05, 0) is 36.2 Å². The van der Waals surface area contributed by atoms with Crippen LogP contribution in [0.15, 0.2) is 57.7 Å². The number of hydrogen-bond donors (Lipinski definition) is 1. The lowest BCUT2D eigenvalue weighted by molar-refractivity contribution is -0.274. The Morgan fingerprint density at radius 3 is 2.54 bits per heavy atom. The Morgan fingerprint density at radius 2 is 1.82 bits per heavy atom. The van der Waals surface area contributed by atoms with E-state index in [4.69, 9.17) is 4.42 Å². The van der Waals surface area contributed by atoms with E-state index in [9.17, 15) is 22.8 Å². The molecule has 0 fully saturated rings. The van der Waals surface area contributed by atoms with E-state index in [-0.39, 0.29) is 24.6 Å². The first kappa shape index (κ1) is 19.5. The molecule has 1 aromatic heterocycles. The van der Waals surface area contributed by atoms with Crippen LogP contribution in [0.25, 0.3) is 11.1 Å². The third-order valence-electron chi connectivity index (χ3n) is 4.01. The van der Waals surface area contributed by atoms with Crippen molar-refractivity contribution in [1.29, 1.82) is 0 Å². The van der Waals surface area contributed by atoms with E-state index in [1.807, 2.05) is 0 Å². The summed E-state index contributed by atoms with van der Waals surface area (Å²) in [5.41, 5.74) is 1.81. The number of para-hydroxylation sites is 2. The highest BCUT2D eigenvalue weighted by Gasteiger charge is 2.30. The molecule has 2 aromatic carbocycles. The molecule has 0 atom stereocenters. The van der Waals surface area contributed by atoms with Crippen LogP contribution >= 0.6 is 0 Å². The molecule has 0 radical (unpaired) electrons. The number of benzene rings is 2. The fourth-order valence-electron chi connectivity index (χ4n) is 2.72. The fraction of sp³-hybridized carbons (Fsp3) is 0.263. The minimum Gasteiger partial charge on any atom is -0.408 e. The number of carbonyl (C=O) groups excluding carboxylic acids is 1. The molecule has 0 bridgehead atoms. The van der Waals surface area contributed by atoms with Gasteiger partial charge in [0, 0.05) is 19.5 Å². The molecule has 148 valence electrons. The zero-order chi connectivity index (χ0) is 20.1. The Balaban J connectivity index is 1.46. The molecule has 3 aromatic rings. The Morgan fingerprint density at radius 1 is 1.11 bits per heavy atom. The average Bonchev–Trinajstić information content (AvgIpc) is 2.95. The average molecular weight is 394 g/mol. The molecular weight excluding hydrogens is 377 g/mol. The fourth-order valence-corrected chi connectivity index (χ4v) is 2.72. The summed E-state index contributed by atoms with van der Waals surface area (Å²) in [7, 11) is 0. The van der Waals surface area contributed by atoms with Crippen LogP contribution in [-0.4, -0.2) is 16.8 Å². The van der Waals surface area contributed by atoms with Gasteiger partial charge in [-0.2, -0.15) is 0 Å². The molecule has 9 heteroatoms. The lowest BCUT2D eigenvalue weighted by Crippen LogP contribution is -2.23. The van der Waals surface area contributed by atoms with Crippen molar-refractivity contribution in [3.63, 3.8) is 0 Å². The summed E-state index contributed by atoms with van der Waals surface area (Å²) in [4.78, 5) is 23.8. The van der Waals surface area contributed by atoms with Gasteiger partial charge < -0.3 is 14.5 Å². The summed E-state index contributed by atoms with van der Waals surface area (Å²) in [6.07, 6.45) is -4.10. The summed E-state index contributed by atoms with van der Waals surface area (Å²) in [5.74, 6) is -1.01. The molecule has 1 heterocycles. The second-order valence-corrected chi connectivity index (χ2v) is 6.06. The lowest BCUT2D eigenvalue weighted by atomic mass is 10.2. The van der Waals surface area contributed by atoms with Crippen LogP contribution in [0.1, 0.15) is 18.4 Å². The summed E-state index contributed by atoms with van der Waals surface area (Å²) in [5, 5.41) is 2.69. The summed E-state index contributed by atoms with van der Waals surface area (Å²) >= 11 is 0. The number of halogens is 3. The SMILES string of the molecule is O=C(CCCn1c(=O)oc2ccccc21)NCc1ccc(OC(F)(F)F)cc1. The van der Waals surface area contributed by atoms with Crippen LogP contribution < -0.4 is 15.8 Å². The van der Waals surface area contributed by atoms with Gasteiger partial charge in [0.1, 0.15) is 5.75 Å². The number of amides is 1. The van der Waals surface area contributed by atoms with Crippen LogP contribution in [-0.2, 0) is 17.9 Å². The van der Waals surface area contributed by atoms with Gasteiger partial charge in [-0.3, -0.25) is 9.36 Å². The largest absolute Gasteiger partial charge is 0.573 e. The molecule has 0 aliphatic rings. The van der Waals surface area contributed by atoms with Crippen molar-refractivity contribution >= 4 is 17.0 Å². The summed E-state index contributed by atoms with van der Waals surface area (Å²) < 4.78 is 46.8. The number of oxazole rings is 1. The number of fused-ring (bicyclic) bond motifs is 1. The van der Waals surface area contributed by atoms with Crippen molar-refractivity contribution in [2.24, 2.45) is 0 Å². The first-order valence-electron chi connectivity index (χ1n) is 8.51. The molecule has 0 aliphatic carbocycles. The van der Waals surface area contributed by atoms with Crippen molar-refractivity contribution in [1.82, 2.24) is 9.88 Å². The maximum absolute atomic E-state index is 12.1. The number of ether oxygens (including phenoxy) is 1. The predicted molar refractivity (Wildman–Crippen MR) is 94.7 cm³/mol. The van der Waals surface area contributed by atoms with Crippen molar-refractivity contribution < 1.29 is 27.1 Å². The molecule has 0 saturated heterocycles. The lowest BCUT2D eigenvalue weighted by Gasteiger charge is -2.10. The maximum Gasteiger partial charge on any atom is 0.573 e. The molecule has 28 heavy (non-hydrogen) atoms. The van der Waals surface area contributed by atoms with Crippen LogP contribution in [0.4, 0.5) is 13.2 Å². The third kappa shape index (κ3) is 5.15. The number of nitrogens with zero attached hydrogens (tertiary/aromatic N) is 1. The number of carbonyl (C=O) groups is 1. The van der Waals surface area contributed by atoms with E-state index in [0.717, 1.165) is 0 Å². The molecule has 0 unspecified atom stereocenters. The van der Waals surface area contributed by atoms with Crippen molar-refractivity contribution in [2.45, 2.75) is 32.3 Å². The van der Waals surface area contributed by atoms with Crippen LogP contribution in [0.5, 0.6) is 5.75 Å². The number of aryl methyl sites for hydroxylation is 1. The van der Waals surface area contributed by atoms with Gasteiger partial charge in [0.05, 0.1) is 5.52 Å². The summed E-state index contributed by atoms with van der Waals surface area (Å²) in [6.45, 7) is 0.520. The van der Waals surface area contributed by atoms with Crippen molar-refractivity contribution in [2.75, 3.05) is 0 Å². The zero-order valence-electron chi connectivity index (χ0n) is 14.7. The first-order chi connectivity index (χ1) is 13.3. The molecule has 3 rings (SSSR count). The Hall–Kier alpha value is -3.23. The van der Waals surface area contributed by atoms with Gasteiger partial charge in [-0.25, -0.2) is 4.79 Å². The van der Waals surface area contributed by atoms with Gasteiger partial charge >= 0.3 is 12.1 Å².